The zero-order valence-corrected chi connectivity index (χ0v) is 10.7. The van der Waals surface area contributed by atoms with Gasteiger partial charge in [0.25, 0.3) is 5.91 Å². The molecular weight excluding hydrogens is 240 g/mol. The van der Waals surface area contributed by atoms with Gasteiger partial charge in [0.1, 0.15) is 5.76 Å². The molecule has 0 unspecified atom stereocenters. The average molecular weight is 256 g/mol. The summed E-state index contributed by atoms with van der Waals surface area (Å²) in [6.07, 6.45) is 5.17. The van der Waals surface area contributed by atoms with Crippen molar-refractivity contribution >= 4 is 11.6 Å². The number of amides is 1. The number of carbonyl (C=O) groups is 1. The minimum absolute atomic E-state index is 0.182. The largest absolute Gasteiger partial charge is 0.360 e. The molecule has 4 nitrogen and oxygen atoms in total. The first-order valence-electron chi connectivity index (χ1n) is 6.68. The van der Waals surface area contributed by atoms with Crippen LogP contribution in [0.1, 0.15) is 41.1 Å². The van der Waals surface area contributed by atoms with Crippen LogP contribution in [0.4, 0.5) is 5.69 Å². The quantitative estimate of drug-likeness (QED) is 0.839. The number of carbonyl (C=O) groups excluding carboxylic acids is 1. The molecule has 0 saturated heterocycles. The van der Waals surface area contributed by atoms with Crippen molar-refractivity contribution in [2.45, 2.75) is 32.1 Å². The zero-order chi connectivity index (χ0) is 13.1. The molecule has 3 rings (SSSR count). The summed E-state index contributed by atoms with van der Waals surface area (Å²) in [7, 11) is 0. The molecule has 1 amide bonds. The van der Waals surface area contributed by atoms with E-state index in [2.05, 4.69) is 10.5 Å². The third-order valence-electron chi connectivity index (χ3n) is 3.45. The highest BCUT2D eigenvalue weighted by Crippen LogP contribution is 2.24. The van der Waals surface area contributed by atoms with Crippen LogP contribution >= 0.6 is 0 Å². The first-order chi connectivity index (χ1) is 9.34. The van der Waals surface area contributed by atoms with E-state index in [4.69, 9.17) is 4.52 Å². The van der Waals surface area contributed by atoms with Gasteiger partial charge in [0, 0.05) is 17.7 Å². The molecule has 0 spiro atoms. The summed E-state index contributed by atoms with van der Waals surface area (Å²) in [4.78, 5) is 12.2. The number of benzene rings is 1. The predicted octanol–water partition coefficient (Wildman–Crippen LogP) is 3.20. The third kappa shape index (κ3) is 2.52. The zero-order valence-electron chi connectivity index (χ0n) is 10.7. The maximum Gasteiger partial charge on any atom is 0.278 e. The highest BCUT2D eigenvalue weighted by molar-refractivity contribution is 6.03. The Labute approximate surface area is 111 Å². The first-order valence-corrected chi connectivity index (χ1v) is 6.68. The van der Waals surface area contributed by atoms with Gasteiger partial charge in [-0.25, -0.2) is 0 Å². The molecule has 19 heavy (non-hydrogen) atoms. The Bertz CT molecular complexity index is 575. The lowest BCUT2D eigenvalue weighted by Gasteiger charge is -2.03. The molecule has 1 heterocycles. The SMILES string of the molecule is O=C(Nc1ccccc1)c1noc2c1CCCCC2. The molecule has 1 N–H and O–H groups in total. The maximum absolute atomic E-state index is 12.2. The van der Waals surface area contributed by atoms with Gasteiger partial charge in [0.05, 0.1) is 0 Å². The van der Waals surface area contributed by atoms with Crippen molar-refractivity contribution in [3.63, 3.8) is 0 Å². The van der Waals surface area contributed by atoms with E-state index in [1.807, 2.05) is 30.3 Å². The second-order valence-electron chi connectivity index (χ2n) is 4.81. The Morgan fingerprint density at radius 2 is 1.89 bits per heavy atom. The Hall–Kier alpha value is -2.10. The van der Waals surface area contributed by atoms with Crippen LogP contribution in [-0.2, 0) is 12.8 Å². The third-order valence-corrected chi connectivity index (χ3v) is 3.45. The smallest absolute Gasteiger partial charge is 0.278 e. The summed E-state index contributed by atoms with van der Waals surface area (Å²) in [5.74, 6) is 0.703. The highest BCUT2D eigenvalue weighted by atomic mass is 16.5. The summed E-state index contributed by atoms with van der Waals surface area (Å²) in [6, 6.07) is 9.41. The van der Waals surface area contributed by atoms with Crippen LogP contribution in [-0.4, -0.2) is 11.1 Å². The van der Waals surface area contributed by atoms with Crippen LogP contribution in [0.25, 0.3) is 0 Å². The molecule has 2 aromatic rings. The Balaban J connectivity index is 1.82. The first kappa shape index (κ1) is 12.0. The van der Waals surface area contributed by atoms with Gasteiger partial charge >= 0.3 is 0 Å². The molecule has 1 aliphatic rings. The fourth-order valence-corrected chi connectivity index (χ4v) is 2.45. The summed E-state index contributed by atoms with van der Waals surface area (Å²) in [6.45, 7) is 0. The average Bonchev–Trinajstić information content (AvgIpc) is 2.69. The van der Waals surface area contributed by atoms with Gasteiger partial charge in [-0.1, -0.05) is 29.8 Å². The van der Waals surface area contributed by atoms with Gasteiger partial charge in [0.15, 0.2) is 5.69 Å². The second-order valence-corrected chi connectivity index (χ2v) is 4.81. The molecule has 0 radical (unpaired) electrons. The molecule has 0 fully saturated rings. The van der Waals surface area contributed by atoms with Crippen molar-refractivity contribution in [3.05, 3.63) is 47.3 Å². The van der Waals surface area contributed by atoms with E-state index in [1.54, 1.807) is 0 Å². The van der Waals surface area contributed by atoms with E-state index in [1.165, 1.54) is 6.42 Å². The molecule has 0 saturated carbocycles. The van der Waals surface area contributed by atoms with Gasteiger partial charge in [-0.3, -0.25) is 4.79 Å². The van der Waals surface area contributed by atoms with Crippen molar-refractivity contribution in [2.75, 3.05) is 5.32 Å². The summed E-state index contributed by atoms with van der Waals surface area (Å²) >= 11 is 0. The topological polar surface area (TPSA) is 55.1 Å². The molecule has 0 atom stereocenters. The summed E-state index contributed by atoms with van der Waals surface area (Å²) in [5, 5.41) is 6.80. The van der Waals surface area contributed by atoms with Gasteiger partial charge < -0.3 is 9.84 Å². The van der Waals surface area contributed by atoms with E-state index in [9.17, 15) is 4.79 Å². The number of nitrogens with zero attached hydrogens (tertiary/aromatic N) is 1. The van der Waals surface area contributed by atoms with Gasteiger partial charge in [0.2, 0.25) is 0 Å². The fraction of sp³-hybridized carbons (Fsp3) is 0.333. The molecule has 4 heteroatoms. The molecule has 98 valence electrons. The number of aryl methyl sites for hydroxylation is 1. The lowest BCUT2D eigenvalue weighted by molar-refractivity contribution is 0.101. The van der Waals surface area contributed by atoms with Crippen LogP contribution in [0.5, 0.6) is 0 Å². The van der Waals surface area contributed by atoms with Crippen LogP contribution in [0.15, 0.2) is 34.9 Å². The monoisotopic (exact) mass is 256 g/mol. The Kier molecular flexibility index (Phi) is 3.31. The Morgan fingerprint density at radius 3 is 2.74 bits per heavy atom. The van der Waals surface area contributed by atoms with Crippen LogP contribution in [0, 0.1) is 0 Å². The van der Waals surface area contributed by atoms with Crippen LogP contribution in [0.2, 0.25) is 0 Å². The molecule has 0 bridgehead atoms. The fourth-order valence-electron chi connectivity index (χ4n) is 2.45. The standard InChI is InChI=1S/C15H16N2O2/c18-15(16-11-7-3-1-4-8-11)14-12-9-5-2-6-10-13(12)19-17-14/h1,3-4,7-8H,2,5-6,9-10H2,(H,16,18). The summed E-state index contributed by atoms with van der Waals surface area (Å²) < 4.78 is 5.32. The van der Waals surface area contributed by atoms with Gasteiger partial charge in [-0.05, 0) is 31.4 Å². The number of aromatic nitrogens is 1. The van der Waals surface area contributed by atoms with E-state index >= 15 is 0 Å². The van der Waals surface area contributed by atoms with Crippen LogP contribution in [0.3, 0.4) is 0 Å². The summed E-state index contributed by atoms with van der Waals surface area (Å²) in [5.41, 5.74) is 2.21. The number of para-hydroxylation sites is 1. The normalized spacial score (nSPS) is 14.5. The molecule has 1 aliphatic carbocycles. The number of anilines is 1. The number of rotatable bonds is 2. The highest BCUT2D eigenvalue weighted by Gasteiger charge is 2.22. The number of hydrogen-bond donors (Lipinski definition) is 1. The number of fused-ring (bicyclic) bond motifs is 1. The van der Waals surface area contributed by atoms with Gasteiger partial charge in [-0.2, -0.15) is 0 Å². The van der Waals surface area contributed by atoms with Crippen molar-refractivity contribution in [1.82, 2.24) is 5.16 Å². The lowest BCUT2D eigenvalue weighted by atomic mass is 10.1. The molecule has 1 aromatic carbocycles. The van der Waals surface area contributed by atoms with E-state index in [0.29, 0.717) is 5.69 Å². The lowest BCUT2D eigenvalue weighted by Crippen LogP contribution is -2.14. The van der Waals surface area contributed by atoms with Crippen molar-refractivity contribution < 1.29 is 9.32 Å². The maximum atomic E-state index is 12.2. The second kappa shape index (κ2) is 5.26. The van der Waals surface area contributed by atoms with E-state index < -0.39 is 0 Å². The number of hydrogen-bond acceptors (Lipinski definition) is 3. The minimum atomic E-state index is -0.182. The molecule has 0 aliphatic heterocycles. The molecule has 1 aromatic heterocycles. The van der Waals surface area contributed by atoms with Crippen molar-refractivity contribution in [3.8, 4) is 0 Å². The van der Waals surface area contributed by atoms with E-state index in [0.717, 1.165) is 42.7 Å². The molecular formula is C15H16N2O2. The van der Waals surface area contributed by atoms with Crippen LogP contribution < -0.4 is 5.32 Å². The van der Waals surface area contributed by atoms with E-state index in [-0.39, 0.29) is 5.91 Å². The number of nitrogens with one attached hydrogen (secondary N) is 1. The Morgan fingerprint density at radius 1 is 1.11 bits per heavy atom. The minimum Gasteiger partial charge on any atom is -0.360 e. The van der Waals surface area contributed by atoms with Crippen molar-refractivity contribution in [2.24, 2.45) is 0 Å². The predicted molar refractivity (Wildman–Crippen MR) is 72.2 cm³/mol. The van der Waals surface area contributed by atoms with Crippen molar-refractivity contribution in [1.29, 1.82) is 0 Å². The van der Waals surface area contributed by atoms with Gasteiger partial charge in [-0.15, -0.1) is 0 Å².